The van der Waals surface area contributed by atoms with Crippen LogP contribution in [0.3, 0.4) is 0 Å². The molecule has 6 heteroatoms. The van der Waals surface area contributed by atoms with Gasteiger partial charge >= 0.3 is 0 Å². The van der Waals surface area contributed by atoms with Crippen LogP contribution in [0.1, 0.15) is 0 Å². The molecule has 0 amide bonds. The molecule has 0 saturated carbocycles. The van der Waals surface area contributed by atoms with Crippen LogP contribution in [0.15, 0.2) is 33.7 Å². The lowest BCUT2D eigenvalue weighted by molar-refractivity contribution is 1.11. The fraction of sp³-hybridized carbons (Fsp3) is 0. The van der Waals surface area contributed by atoms with Crippen LogP contribution in [-0.2, 0) is 0 Å². The zero-order chi connectivity index (χ0) is 11.7. The van der Waals surface area contributed by atoms with Gasteiger partial charge in [-0.15, -0.1) is 0 Å². The van der Waals surface area contributed by atoms with Gasteiger partial charge in [-0.05, 0) is 34.1 Å². The monoisotopic (exact) mass is 318 g/mol. The van der Waals surface area contributed by atoms with Crippen molar-refractivity contribution in [2.75, 3.05) is 0 Å². The molecule has 2 rings (SSSR count). The van der Waals surface area contributed by atoms with Gasteiger partial charge in [0.25, 0.3) is 5.56 Å². The summed E-state index contributed by atoms with van der Waals surface area (Å²) in [7, 11) is 0. The number of nitrogens with zero attached hydrogens (tertiary/aromatic N) is 1. The second-order valence-corrected chi connectivity index (χ2v) is 4.73. The Balaban J connectivity index is 2.63. The van der Waals surface area contributed by atoms with Crippen LogP contribution < -0.4 is 5.56 Å². The summed E-state index contributed by atoms with van der Waals surface area (Å²) < 4.78 is 0.370. The van der Waals surface area contributed by atoms with E-state index in [1.807, 2.05) is 0 Å². The molecule has 1 heterocycles. The Morgan fingerprint density at radius 1 is 1.31 bits per heavy atom. The number of rotatable bonds is 1. The van der Waals surface area contributed by atoms with Gasteiger partial charge in [0.1, 0.15) is 10.3 Å². The van der Waals surface area contributed by atoms with E-state index in [-0.39, 0.29) is 5.56 Å². The van der Waals surface area contributed by atoms with Crippen molar-refractivity contribution in [3.05, 3.63) is 49.3 Å². The third kappa shape index (κ3) is 2.29. The molecule has 16 heavy (non-hydrogen) atoms. The van der Waals surface area contributed by atoms with Gasteiger partial charge in [0.15, 0.2) is 0 Å². The third-order valence-electron chi connectivity index (χ3n) is 1.94. The van der Waals surface area contributed by atoms with Crippen LogP contribution >= 0.6 is 39.1 Å². The molecule has 0 aliphatic rings. The highest BCUT2D eigenvalue weighted by Crippen LogP contribution is 2.27. The highest BCUT2D eigenvalue weighted by molar-refractivity contribution is 9.10. The van der Waals surface area contributed by atoms with E-state index >= 15 is 0 Å². The van der Waals surface area contributed by atoms with E-state index in [2.05, 4.69) is 25.9 Å². The minimum Gasteiger partial charge on any atom is -0.306 e. The largest absolute Gasteiger partial charge is 0.306 e. The van der Waals surface area contributed by atoms with E-state index in [0.717, 1.165) is 0 Å². The first-order valence-electron chi connectivity index (χ1n) is 4.28. The fourth-order valence-electron chi connectivity index (χ4n) is 1.20. The Morgan fingerprint density at radius 3 is 2.75 bits per heavy atom. The minimum absolute atomic E-state index is 0.263. The molecule has 0 saturated heterocycles. The predicted molar refractivity (Wildman–Crippen MR) is 68.0 cm³/mol. The van der Waals surface area contributed by atoms with Crippen LogP contribution in [0, 0.1) is 0 Å². The molecule has 1 N–H and O–H groups in total. The lowest BCUT2D eigenvalue weighted by atomic mass is 10.2. The molecule has 1 aromatic heterocycles. The number of hydrogen-bond acceptors (Lipinski definition) is 2. The zero-order valence-electron chi connectivity index (χ0n) is 7.80. The average molecular weight is 320 g/mol. The number of nitrogens with one attached hydrogen (secondary N) is 1. The molecule has 3 nitrogen and oxygen atoms in total. The van der Waals surface area contributed by atoms with Crippen molar-refractivity contribution >= 4 is 39.1 Å². The lowest BCUT2D eigenvalue weighted by Crippen LogP contribution is -2.09. The standard InChI is InChI=1S/C10H5BrCl2N2O/c11-7-4-14-9(15-10(7)16)6-3-5(12)1-2-8(6)13/h1-4H,(H,14,15,16). The number of H-pyrrole nitrogens is 1. The molecule has 0 bridgehead atoms. The highest BCUT2D eigenvalue weighted by atomic mass is 79.9. The van der Waals surface area contributed by atoms with Gasteiger partial charge < -0.3 is 4.98 Å². The summed E-state index contributed by atoms with van der Waals surface area (Å²) in [5.74, 6) is 0.390. The Hall–Kier alpha value is -0.840. The van der Waals surface area contributed by atoms with Crippen LogP contribution in [-0.4, -0.2) is 9.97 Å². The van der Waals surface area contributed by atoms with Crippen molar-refractivity contribution < 1.29 is 0 Å². The predicted octanol–water partition coefficient (Wildman–Crippen LogP) is 3.51. The molecule has 2 aromatic rings. The summed E-state index contributed by atoms with van der Waals surface area (Å²) in [4.78, 5) is 18.1. The van der Waals surface area contributed by atoms with Crippen molar-refractivity contribution in [2.24, 2.45) is 0 Å². The molecule has 0 fully saturated rings. The maximum atomic E-state index is 11.4. The molecule has 0 aliphatic heterocycles. The van der Waals surface area contributed by atoms with Gasteiger partial charge in [-0.25, -0.2) is 4.98 Å². The lowest BCUT2D eigenvalue weighted by Gasteiger charge is -2.03. The van der Waals surface area contributed by atoms with E-state index < -0.39 is 0 Å². The summed E-state index contributed by atoms with van der Waals surface area (Å²) in [5.41, 5.74) is 0.333. The Kier molecular flexibility index (Phi) is 3.33. The normalized spacial score (nSPS) is 10.4. The molecule has 0 unspecified atom stereocenters. The molecule has 0 aliphatic carbocycles. The molecule has 0 atom stereocenters. The van der Waals surface area contributed by atoms with Gasteiger partial charge in [0, 0.05) is 16.8 Å². The van der Waals surface area contributed by atoms with Gasteiger partial charge in [-0.3, -0.25) is 4.79 Å². The summed E-state index contributed by atoms with van der Waals surface area (Å²) >= 11 is 14.9. The van der Waals surface area contributed by atoms with Crippen LogP contribution in [0.5, 0.6) is 0 Å². The summed E-state index contributed by atoms with van der Waals surface area (Å²) in [6, 6.07) is 4.97. The van der Waals surface area contributed by atoms with Crippen molar-refractivity contribution in [1.29, 1.82) is 0 Å². The van der Waals surface area contributed by atoms with E-state index in [4.69, 9.17) is 23.2 Å². The SMILES string of the molecule is O=c1[nH]c(-c2cc(Cl)ccc2Cl)ncc1Br. The quantitative estimate of drug-likeness (QED) is 0.874. The van der Waals surface area contributed by atoms with Gasteiger partial charge in [0.05, 0.1) is 5.02 Å². The molecule has 1 aromatic carbocycles. The van der Waals surface area contributed by atoms with Gasteiger partial charge in [-0.2, -0.15) is 0 Å². The van der Waals surface area contributed by atoms with Crippen molar-refractivity contribution in [3.63, 3.8) is 0 Å². The smallest absolute Gasteiger partial charge is 0.265 e. The van der Waals surface area contributed by atoms with Crippen LogP contribution in [0.25, 0.3) is 11.4 Å². The maximum Gasteiger partial charge on any atom is 0.265 e. The first-order valence-corrected chi connectivity index (χ1v) is 5.83. The molecular weight excluding hydrogens is 315 g/mol. The van der Waals surface area contributed by atoms with E-state index in [1.54, 1.807) is 18.2 Å². The van der Waals surface area contributed by atoms with Crippen LogP contribution in [0.2, 0.25) is 10.0 Å². The topological polar surface area (TPSA) is 45.8 Å². The Bertz CT molecular complexity index is 598. The third-order valence-corrected chi connectivity index (χ3v) is 3.07. The van der Waals surface area contributed by atoms with Crippen molar-refractivity contribution in [1.82, 2.24) is 9.97 Å². The van der Waals surface area contributed by atoms with Gasteiger partial charge in [0.2, 0.25) is 0 Å². The molecule has 0 spiro atoms. The number of aromatic amines is 1. The fourth-order valence-corrected chi connectivity index (χ4v) is 1.78. The first kappa shape index (κ1) is 11.6. The number of benzene rings is 1. The summed E-state index contributed by atoms with van der Waals surface area (Å²) in [6.45, 7) is 0. The van der Waals surface area contributed by atoms with Gasteiger partial charge in [-0.1, -0.05) is 23.2 Å². The molecule has 0 radical (unpaired) electrons. The number of hydrogen-bond donors (Lipinski definition) is 1. The minimum atomic E-state index is -0.263. The molecular formula is C10H5BrCl2N2O. The second kappa shape index (κ2) is 4.57. The van der Waals surface area contributed by atoms with E-state index in [0.29, 0.717) is 25.9 Å². The van der Waals surface area contributed by atoms with Crippen LogP contribution in [0.4, 0.5) is 0 Å². The Labute approximate surface area is 110 Å². The Morgan fingerprint density at radius 2 is 2.06 bits per heavy atom. The first-order chi connectivity index (χ1) is 7.58. The van der Waals surface area contributed by atoms with E-state index in [1.165, 1.54) is 6.20 Å². The molecule has 82 valence electrons. The maximum absolute atomic E-state index is 11.4. The highest BCUT2D eigenvalue weighted by Gasteiger charge is 2.07. The summed E-state index contributed by atoms with van der Waals surface area (Å²) in [6.07, 6.45) is 1.42. The summed E-state index contributed by atoms with van der Waals surface area (Å²) in [5, 5.41) is 1.01. The average Bonchev–Trinajstić information content (AvgIpc) is 2.26. The van der Waals surface area contributed by atoms with Crippen molar-refractivity contribution in [3.8, 4) is 11.4 Å². The number of aromatic nitrogens is 2. The van der Waals surface area contributed by atoms with E-state index in [9.17, 15) is 4.79 Å². The number of halogens is 3. The zero-order valence-corrected chi connectivity index (χ0v) is 10.9. The van der Waals surface area contributed by atoms with Crippen molar-refractivity contribution in [2.45, 2.75) is 0 Å². The second-order valence-electron chi connectivity index (χ2n) is 3.03.